The minimum Gasteiger partial charge on any atom is -0.493 e. The predicted molar refractivity (Wildman–Crippen MR) is 122 cm³/mol. The van der Waals surface area contributed by atoms with Gasteiger partial charge in [-0.3, -0.25) is 0 Å². The first-order valence-corrected chi connectivity index (χ1v) is 12.0. The van der Waals surface area contributed by atoms with Gasteiger partial charge in [-0.15, -0.1) is 0 Å². The summed E-state index contributed by atoms with van der Waals surface area (Å²) in [7, 11) is -0.769. The topological polar surface area (TPSA) is 74.3 Å². The maximum atomic E-state index is 13.6. The van der Waals surface area contributed by atoms with Gasteiger partial charge in [0.2, 0.25) is 10.0 Å². The Kier molecular flexibility index (Phi) is 6.20. The number of sulfonamides is 1. The van der Waals surface area contributed by atoms with Gasteiger partial charge < -0.3 is 18.9 Å². The van der Waals surface area contributed by atoms with Crippen LogP contribution in [0, 0.1) is 5.92 Å². The summed E-state index contributed by atoms with van der Waals surface area (Å²) in [5, 5.41) is 0. The number of fused-ring (bicyclic) bond motifs is 1. The first kappa shape index (κ1) is 22.6. The summed E-state index contributed by atoms with van der Waals surface area (Å²) in [5.41, 5.74) is 1.47. The van der Waals surface area contributed by atoms with Gasteiger partial charge in [0.15, 0.2) is 11.5 Å². The second-order valence-corrected chi connectivity index (χ2v) is 10.6. The monoisotopic (exact) mass is 459 g/mol. The minimum atomic E-state index is -3.78. The quantitative estimate of drug-likeness (QED) is 0.599. The molecule has 172 valence electrons. The molecule has 32 heavy (non-hydrogen) atoms. The second-order valence-electron chi connectivity index (χ2n) is 8.63. The molecule has 2 aliphatic heterocycles. The Bertz CT molecular complexity index is 1120. The summed E-state index contributed by atoms with van der Waals surface area (Å²) in [6.07, 6.45) is 4.03. The highest BCUT2D eigenvalue weighted by atomic mass is 32.2. The first-order chi connectivity index (χ1) is 15.2. The van der Waals surface area contributed by atoms with Gasteiger partial charge in [0.25, 0.3) is 0 Å². The van der Waals surface area contributed by atoms with Gasteiger partial charge in [0.05, 0.1) is 32.3 Å². The molecular formula is C24H29NO6S. The van der Waals surface area contributed by atoms with E-state index in [1.165, 1.54) is 24.6 Å². The number of nitrogens with zero attached hydrogens (tertiary/aromatic N) is 1. The van der Waals surface area contributed by atoms with E-state index in [0.29, 0.717) is 31.3 Å². The third-order valence-corrected chi connectivity index (χ3v) is 7.44. The van der Waals surface area contributed by atoms with Gasteiger partial charge in [-0.2, -0.15) is 4.31 Å². The number of benzene rings is 2. The van der Waals surface area contributed by atoms with Gasteiger partial charge in [-0.05, 0) is 49.8 Å². The molecule has 0 N–H and O–H groups in total. The van der Waals surface area contributed by atoms with Crippen molar-refractivity contribution < 1.29 is 27.4 Å². The van der Waals surface area contributed by atoms with Crippen molar-refractivity contribution in [2.75, 3.05) is 34.0 Å². The van der Waals surface area contributed by atoms with Crippen molar-refractivity contribution in [1.82, 2.24) is 4.31 Å². The van der Waals surface area contributed by atoms with E-state index in [-0.39, 0.29) is 23.0 Å². The highest BCUT2D eigenvalue weighted by Gasteiger charge is 2.31. The fraction of sp³-hybridized carbons (Fsp3) is 0.417. The number of hydrogen-bond acceptors (Lipinski definition) is 6. The van der Waals surface area contributed by atoms with E-state index < -0.39 is 10.0 Å². The van der Waals surface area contributed by atoms with Crippen LogP contribution in [0.1, 0.15) is 25.0 Å². The highest BCUT2D eigenvalue weighted by molar-refractivity contribution is 7.89. The maximum Gasteiger partial charge on any atom is 0.243 e. The molecule has 0 unspecified atom stereocenters. The molecule has 0 atom stereocenters. The van der Waals surface area contributed by atoms with E-state index in [0.717, 1.165) is 16.9 Å². The molecule has 2 aromatic rings. The zero-order chi connectivity index (χ0) is 22.9. The summed E-state index contributed by atoms with van der Waals surface area (Å²) >= 11 is 0. The molecule has 0 spiro atoms. The highest BCUT2D eigenvalue weighted by Crippen LogP contribution is 2.34. The average Bonchev–Trinajstić information content (AvgIpc) is 2.74. The number of hydrogen-bond donors (Lipinski definition) is 0. The first-order valence-electron chi connectivity index (χ1n) is 10.5. The molecule has 1 saturated heterocycles. The standard InChI is InChI=1S/C24H29NO6S/c1-24(2)10-9-19-11-17(5-7-21(19)31-24)13-25(14-18-15-30-16-18)32(26,27)20-6-8-22(28-3)23(12-20)29-4/h5-12,18H,13-16H2,1-4H3. The smallest absolute Gasteiger partial charge is 0.243 e. The molecule has 1 fully saturated rings. The fourth-order valence-electron chi connectivity index (χ4n) is 3.78. The van der Waals surface area contributed by atoms with Crippen LogP contribution >= 0.6 is 0 Å². The van der Waals surface area contributed by atoms with Crippen LogP contribution in [0.15, 0.2) is 47.4 Å². The zero-order valence-electron chi connectivity index (χ0n) is 18.8. The Morgan fingerprint density at radius 1 is 1.06 bits per heavy atom. The molecule has 8 heteroatoms. The molecule has 0 saturated carbocycles. The maximum absolute atomic E-state index is 13.6. The zero-order valence-corrected chi connectivity index (χ0v) is 19.6. The fourth-order valence-corrected chi connectivity index (χ4v) is 5.30. The lowest BCUT2D eigenvalue weighted by Gasteiger charge is -2.32. The van der Waals surface area contributed by atoms with Crippen molar-refractivity contribution in [3.05, 3.63) is 53.6 Å². The van der Waals surface area contributed by atoms with E-state index in [9.17, 15) is 8.42 Å². The van der Waals surface area contributed by atoms with Crippen LogP contribution < -0.4 is 14.2 Å². The molecule has 2 aliphatic rings. The third kappa shape index (κ3) is 4.62. The van der Waals surface area contributed by atoms with Crippen molar-refractivity contribution in [1.29, 1.82) is 0 Å². The molecule has 7 nitrogen and oxygen atoms in total. The summed E-state index contributed by atoms with van der Waals surface area (Å²) in [6.45, 7) is 5.75. The van der Waals surface area contributed by atoms with Crippen LogP contribution in [-0.2, 0) is 21.3 Å². The number of ether oxygens (including phenoxy) is 4. The molecule has 0 aliphatic carbocycles. The Morgan fingerprint density at radius 3 is 2.47 bits per heavy atom. The minimum absolute atomic E-state index is 0.165. The Balaban J connectivity index is 1.64. The molecule has 0 aromatic heterocycles. The Hall–Kier alpha value is -2.55. The normalized spacial score (nSPS) is 17.4. The van der Waals surface area contributed by atoms with E-state index >= 15 is 0 Å². The second kappa shape index (κ2) is 8.77. The van der Waals surface area contributed by atoms with E-state index in [2.05, 4.69) is 0 Å². The molecular weight excluding hydrogens is 430 g/mol. The summed E-state index contributed by atoms with van der Waals surface area (Å²) in [5.74, 6) is 1.82. The van der Waals surface area contributed by atoms with Crippen molar-refractivity contribution in [3.63, 3.8) is 0 Å². The molecule has 2 aromatic carbocycles. The van der Waals surface area contributed by atoms with Crippen LogP contribution in [0.5, 0.6) is 17.2 Å². The van der Waals surface area contributed by atoms with Crippen LogP contribution in [0.4, 0.5) is 0 Å². The van der Waals surface area contributed by atoms with Crippen LogP contribution in [0.3, 0.4) is 0 Å². The van der Waals surface area contributed by atoms with Gasteiger partial charge in [0, 0.05) is 30.6 Å². The summed E-state index contributed by atoms with van der Waals surface area (Å²) in [4.78, 5) is 0.165. The molecule has 2 heterocycles. The Morgan fingerprint density at radius 2 is 1.81 bits per heavy atom. The van der Waals surface area contributed by atoms with E-state index in [4.69, 9.17) is 18.9 Å². The van der Waals surface area contributed by atoms with Crippen LogP contribution in [-0.4, -0.2) is 52.3 Å². The lowest BCUT2D eigenvalue weighted by molar-refractivity contribution is -0.0388. The molecule has 4 rings (SSSR count). The van der Waals surface area contributed by atoms with Gasteiger partial charge >= 0.3 is 0 Å². The van der Waals surface area contributed by atoms with E-state index in [1.807, 2.05) is 44.2 Å². The molecule has 0 radical (unpaired) electrons. The van der Waals surface area contributed by atoms with Crippen molar-refractivity contribution >= 4 is 16.1 Å². The number of methoxy groups -OCH3 is 2. The lowest BCUT2D eigenvalue weighted by Crippen LogP contribution is -2.42. The van der Waals surface area contributed by atoms with E-state index in [1.54, 1.807) is 12.1 Å². The van der Waals surface area contributed by atoms with Crippen molar-refractivity contribution in [3.8, 4) is 17.2 Å². The van der Waals surface area contributed by atoms with Gasteiger partial charge in [-0.1, -0.05) is 12.1 Å². The number of rotatable bonds is 8. The van der Waals surface area contributed by atoms with Gasteiger partial charge in [0.1, 0.15) is 11.4 Å². The van der Waals surface area contributed by atoms with Crippen molar-refractivity contribution in [2.45, 2.75) is 30.9 Å². The average molecular weight is 460 g/mol. The largest absolute Gasteiger partial charge is 0.493 e. The third-order valence-electron chi connectivity index (χ3n) is 5.63. The van der Waals surface area contributed by atoms with Crippen molar-refractivity contribution in [2.24, 2.45) is 5.92 Å². The van der Waals surface area contributed by atoms with Crippen LogP contribution in [0.25, 0.3) is 6.08 Å². The predicted octanol–water partition coefficient (Wildman–Crippen LogP) is 3.73. The van der Waals surface area contributed by atoms with Crippen LogP contribution in [0.2, 0.25) is 0 Å². The molecule has 0 bridgehead atoms. The van der Waals surface area contributed by atoms with Gasteiger partial charge in [-0.25, -0.2) is 8.42 Å². The lowest BCUT2D eigenvalue weighted by atomic mass is 10.0. The summed E-state index contributed by atoms with van der Waals surface area (Å²) in [6, 6.07) is 10.5. The molecule has 0 amide bonds. The SMILES string of the molecule is COc1ccc(S(=O)(=O)N(Cc2ccc3c(c2)C=CC(C)(C)O3)CC2COC2)cc1OC. The summed E-state index contributed by atoms with van der Waals surface area (Å²) < 4.78 is 50.6. The Labute approximate surface area is 189 Å².